The second-order valence-electron chi connectivity index (χ2n) is 4.87. The van der Waals surface area contributed by atoms with Crippen LogP contribution in [0.15, 0.2) is 54.6 Å². The van der Waals surface area contributed by atoms with Crippen LogP contribution in [0.1, 0.15) is 17.3 Å². The highest BCUT2D eigenvalue weighted by Crippen LogP contribution is 2.32. The summed E-state index contributed by atoms with van der Waals surface area (Å²) in [7, 11) is 0. The zero-order valence-corrected chi connectivity index (χ0v) is 13.7. The molecule has 2 rings (SSSR count). The van der Waals surface area contributed by atoms with Crippen LogP contribution in [-0.4, -0.2) is 17.0 Å². The van der Waals surface area contributed by atoms with E-state index in [-0.39, 0.29) is 11.5 Å². The van der Waals surface area contributed by atoms with Gasteiger partial charge in [0.05, 0.1) is 21.3 Å². The van der Waals surface area contributed by atoms with Gasteiger partial charge in [-0.15, -0.1) is 0 Å². The van der Waals surface area contributed by atoms with Crippen molar-refractivity contribution >= 4 is 46.5 Å². The molecule has 0 aliphatic rings. The third-order valence-corrected chi connectivity index (χ3v) is 3.84. The van der Waals surface area contributed by atoms with Crippen LogP contribution in [0.2, 0.25) is 10.0 Å². The van der Waals surface area contributed by atoms with E-state index in [0.29, 0.717) is 27.0 Å². The van der Waals surface area contributed by atoms with Crippen molar-refractivity contribution in [3.05, 3.63) is 70.2 Å². The summed E-state index contributed by atoms with van der Waals surface area (Å²) >= 11 is 11.9. The first-order chi connectivity index (χ1) is 10.8. The summed E-state index contributed by atoms with van der Waals surface area (Å²) in [5.41, 5.74) is 1.47. The van der Waals surface area contributed by atoms with E-state index in [1.54, 1.807) is 37.3 Å². The van der Waals surface area contributed by atoms with E-state index < -0.39 is 5.97 Å². The molecule has 0 spiro atoms. The van der Waals surface area contributed by atoms with Crippen LogP contribution in [0.4, 0.5) is 11.4 Å². The smallest absolute Gasteiger partial charge is 0.335 e. The second-order valence-corrected chi connectivity index (χ2v) is 5.69. The maximum atomic E-state index is 12.5. The van der Waals surface area contributed by atoms with Crippen molar-refractivity contribution in [2.75, 3.05) is 4.90 Å². The molecule has 0 heterocycles. The first-order valence-electron chi connectivity index (χ1n) is 6.59. The van der Waals surface area contributed by atoms with Gasteiger partial charge in [0, 0.05) is 11.3 Å². The van der Waals surface area contributed by atoms with Gasteiger partial charge in [0.25, 0.3) is 5.91 Å². The number of anilines is 2. The lowest BCUT2D eigenvalue weighted by atomic mass is 10.1. The number of benzene rings is 2. The van der Waals surface area contributed by atoms with Gasteiger partial charge >= 0.3 is 5.97 Å². The number of carboxylic acids is 1. The summed E-state index contributed by atoms with van der Waals surface area (Å²) in [6.45, 7) is 5.26. The molecule has 0 atom stereocenters. The number of carbonyl (C=O) groups is 2. The van der Waals surface area contributed by atoms with Crippen LogP contribution >= 0.6 is 23.2 Å². The van der Waals surface area contributed by atoms with Crippen LogP contribution in [0.5, 0.6) is 0 Å². The number of rotatable bonds is 4. The van der Waals surface area contributed by atoms with Crippen molar-refractivity contribution < 1.29 is 14.7 Å². The van der Waals surface area contributed by atoms with Crippen molar-refractivity contribution in [3.8, 4) is 0 Å². The van der Waals surface area contributed by atoms with Gasteiger partial charge in [-0.05, 0) is 49.4 Å². The van der Waals surface area contributed by atoms with Crippen molar-refractivity contribution in [2.45, 2.75) is 6.92 Å². The first-order valence-corrected chi connectivity index (χ1v) is 7.35. The summed E-state index contributed by atoms with van der Waals surface area (Å²) < 4.78 is 0. The monoisotopic (exact) mass is 349 g/mol. The van der Waals surface area contributed by atoms with Crippen molar-refractivity contribution in [1.29, 1.82) is 0 Å². The Morgan fingerprint density at radius 3 is 2.04 bits per heavy atom. The fourth-order valence-corrected chi connectivity index (χ4v) is 2.24. The van der Waals surface area contributed by atoms with E-state index in [1.165, 1.54) is 17.0 Å². The number of carbonyl (C=O) groups excluding carboxylic acids is 1. The van der Waals surface area contributed by atoms with Crippen molar-refractivity contribution in [2.24, 2.45) is 0 Å². The SMILES string of the molecule is C=C(C)C(=O)N(c1ccc(C(=O)O)cc1)c1ccc(Cl)c(Cl)c1. The minimum atomic E-state index is -1.04. The molecule has 118 valence electrons. The fourth-order valence-electron chi connectivity index (χ4n) is 1.95. The standard InChI is InChI=1S/C17H13Cl2NO3/c1-10(2)16(21)20(13-7-8-14(18)15(19)9-13)12-5-3-11(4-6-12)17(22)23/h3-9H,1H2,2H3,(H,22,23). The summed E-state index contributed by atoms with van der Waals surface area (Å²) in [5.74, 6) is -1.37. The van der Waals surface area contributed by atoms with Crippen LogP contribution in [0.3, 0.4) is 0 Å². The number of carboxylic acid groups (broad SMARTS) is 1. The topological polar surface area (TPSA) is 57.6 Å². The molecule has 1 amide bonds. The number of amides is 1. The third-order valence-electron chi connectivity index (χ3n) is 3.10. The predicted molar refractivity (Wildman–Crippen MR) is 91.8 cm³/mol. The Morgan fingerprint density at radius 2 is 1.57 bits per heavy atom. The molecule has 0 aliphatic carbocycles. The molecule has 23 heavy (non-hydrogen) atoms. The van der Waals surface area contributed by atoms with Gasteiger partial charge in [0.1, 0.15) is 0 Å². The van der Waals surface area contributed by atoms with Crippen molar-refractivity contribution in [1.82, 2.24) is 0 Å². The highest BCUT2D eigenvalue weighted by molar-refractivity contribution is 6.42. The van der Waals surface area contributed by atoms with Gasteiger partial charge in [-0.3, -0.25) is 9.69 Å². The summed E-state index contributed by atoms with van der Waals surface area (Å²) in [4.78, 5) is 24.8. The molecule has 2 aromatic rings. The predicted octanol–water partition coefficient (Wildman–Crippen LogP) is 4.93. The number of hydrogen-bond donors (Lipinski definition) is 1. The Bertz CT molecular complexity index is 785. The van der Waals surface area contributed by atoms with Crippen LogP contribution < -0.4 is 4.90 Å². The molecule has 0 aromatic heterocycles. The van der Waals surface area contributed by atoms with E-state index >= 15 is 0 Å². The van der Waals surface area contributed by atoms with Crippen LogP contribution in [0, 0.1) is 0 Å². The summed E-state index contributed by atoms with van der Waals surface area (Å²) in [5, 5.41) is 9.65. The average Bonchev–Trinajstić information content (AvgIpc) is 2.51. The largest absolute Gasteiger partial charge is 0.478 e. The molecule has 6 heteroatoms. The number of hydrogen-bond acceptors (Lipinski definition) is 2. The molecule has 2 aromatic carbocycles. The second kappa shape index (κ2) is 6.86. The summed E-state index contributed by atoms with van der Waals surface area (Å²) in [6, 6.07) is 10.8. The minimum absolute atomic E-state index is 0.130. The number of halogens is 2. The van der Waals surface area contributed by atoms with E-state index in [1.807, 2.05) is 0 Å². The third kappa shape index (κ3) is 3.73. The molecule has 0 unspecified atom stereocenters. The lowest BCUT2D eigenvalue weighted by Gasteiger charge is -2.23. The van der Waals surface area contributed by atoms with Gasteiger partial charge in [-0.2, -0.15) is 0 Å². The molecule has 1 N–H and O–H groups in total. The molecule has 0 fully saturated rings. The van der Waals surface area contributed by atoms with Gasteiger partial charge in [0.2, 0.25) is 0 Å². The maximum absolute atomic E-state index is 12.5. The molecule has 0 radical (unpaired) electrons. The van der Waals surface area contributed by atoms with E-state index in [0.717, 1.165) is 0 Å². The molecule has 0 saturated heterocycles. The zero-order valence-electron chi connectivity index (χ0n) is 12.2. The van der Waals surface area contributed by atoms with Crippen LogP contribution in [0.25, 0.3) is 0 Å². The Morgan fingerprint density at radius 1 is 1.00 bits per heavy atom. The lowest BCUT2D eigenvalue weighted by Crippen LogP contribution is -2.26. The molecule has 0 bridgehead atoms. The highest BCUT2D eigenvalue weighted by atomic mass is 35.5. The highest BCUT2D eigenvalue weighted by Gasteiger charge is 2.20. The average molecular weight is 350 g/mol. The number of nitrogens with zero attached hydrogens (tertiary/aromatic N) is 1. The molecular formula is C17H13Cl2NO3. The Hall–Kier alpha value is -2.30. The molecule has 0 saturated carbocycles. The molecule has 0 aliphatic heterocycles. The van der Waals surface area contributed by atoms with Crippen LogP contribution in [-0.2, 0) is 4.79 Å². The Labute approximate surface area is 143 Å². The minimum Gasteiger partial charge on any atom is -0.478 e. The van der Waals surface area contributed by atoms with E-state index in [9.17, 15) is 9.59 Å². The molecule has 4 nitrogen and oxygen atoms in total. The maximum Gasteiger partial charge on any atom is 0.335 e. The number of aromatic carboxylic acids is 1. The van der Waals surface area contributed by atoms with E-state index in [4.69, 9.17) is 28.3 Å². The normalized spacial score (nSPS) is 10.2. The first kappa shape index (κ1) is 17.1. The van der Waals surface area contributed by atoms with E-state index in [2.05, 4.69) is 6.58 Å². The summed E-state index contributed by atoms with van der Waals surface area (Å²) in [6.07, 6.45) is 0. The Kier molecular flexibility index (Phi) is 5.08. The lowest BCUT2D eigenvalue weighted by molar-refractivity contribution is -0.114. The Balaban J connectivity index is 2.53. The van der Waals surface area contributed by atoms with Gasteiger partial charge in [-0.1, -0.05) is 29.8 Å². The molecular weight excluding hydrogens is 337 g/mol. The van der Waals surface area contributed by atoms with Gasteiger partial charge in [-0.25, -0.2) is 4.79 Å². The fraction of sp³-hybridized carbons (Fsp3) is 0.0588. The van der Waals surface area contributed by atoms with Gasteiger partial charge < -0.3 is 5.11 Å². The zero-order chi connectivity index (χ0) is 17.1. The van der Waals surface area contributed by atoms with Crippen molar-refractivity contribution in [3.63, 3.8) is 0 Å². The van der Waals surface area contributed by atoms with Gasteiger partial charge in [0.15, 0.2) is 0 Å². The quantitative estimate of drug-likeness (QED) is 0.795.